The number of carbonyl (C=O) groups is 1. The molecular formula is C19H20N4O2. The van der Waals surface area contributed by atoms with Gasteiger partial charge in [-0.1, -0.05) is 18.2 Å². The minimum atomic E-state index is -0.0571. The van der Waals surface area contributed by atoms with E-state index in [2.05, 4.69) is 15.4 Å². The third-order valence-electron chi connectivity index (χ3n) is 3.82. The van der Waals surface area contributed by atoms with Gasteiger partial charge in [0.05, 0.1) is 37.2 Å². The second-order valence-electron chi connectivity index (χ2n) is 5.66. The lowest BCUT2D eigenvalue weighted by Crippen LogP contribution is -2.24. The van der Waals surface area contributed by atoms with Gasteiger partial charge in [0.1, 0.15) is 5.75 Å². The maximum atomic E-state index is 12.1. The first-order valence-electron chi connectivity index (χ1n) is 7.99. The first-order valence-corrected chi connectivity index (χ1v) is 7.99. The van der Waals surface area contributed by atoms with Gasteiger partial charge in [-0.25, -0.2) is 0 Å². The van der Waals surface area contributed by atoms with Gasteiger partial charge in [0.15, 0.2) is 0 Å². The molecular weight excluding hydrogens is 316 g/mol. The van der Waals surface area contributed by atoms with Crippen LogP contribution in [0.4, 0.5) is 0 Å². The molecule has 0 bridgehead atoms. The number of methoxy groups -OCH3 is 1. The van der Waals surface area contributed by atoms with Crippen molar-refractivity contribution in [1.29, 1.82) is 0 Å². The Kier molecular flexibility index (Phi) is 5.09. The lowest BCUT2D eigenvalue weighted by atomic mass is 10.1. The van der Waals surface area contributed by atoms with Crippen molar-refractivity contribution >= 4 is 5.91 Å². The van der Waals surface area contributed by atoms with Crippen LogP contribution in [0.5, 0.6) is 5.75 Å². The highest BCUT2D eigenvalue weighted by Crippen LogP contribution is 2.17. The van der Waals surface area contributed by atoms with Gasteiger partial charge in [-0.15, -0.1) is 0 Å². The monoisotopic (exact) mass is 336 g/mol. The SMILES string of the molecule is COc1cccc(CC(=O)NCc2cc(-c3ccccn3)n(C)n2)c1. The van der Waals surface area contributed by atoms with Gasteiger partial charge >= 0.3 is 0 Å². The standard InChI is InChI=1S/C19H20N4O2/c1-23-18(17-8-3-4-9-20-17)12-15(22-23)13-21-19(24)11-14-6-5-7-16(10-14)25-2/h3-10,12H,11,13H2,1-2H3,(H,21,24). The summed E-state index contributed by atoms with van der Waals surface area (Å²) in [5.74, 6) is 0.688. The van der Waals surface area contributed by atoms with Crippen LogP contribution in [0.3, 0.4) is 0 Å². The number of hydrogen-bond donors (Lipinski definition) is 1. The molecule has 1 aromatic carbocycles. The average Bonchev–Trinajstić information content (AvgIpc) is 3.01. The van der Waals surface area contributed by atoms with Crippen LogP contribution in [0.2, 0.25) is 0 Å². The molecule has 6 nitrogen and oxygen atoms in total. The fourth-order valence-corrected chi connectivity index (χ4v) is 2.59. The van der Waals surface area contributed by atoms with E-state index in [0.717, 1.165) is 28.4 Å². The van der Waals surface area contributed by atoms with Crippen LogP contribution in [-0.2, 0) is 24.8 Å². The van der Waals surface area contributed by atoms with E-state index in [1.165, 1.54) is 0 Å². The zero-order valence-electron chi connectivity index (χ0n) is 14.3. The zero-order chi connectivity index (χ0) is 17.6. The zero-order valence-corrected chi connectivity index (χ0v) is 14.3. The van der Waals surface area contributed by atoms with E-state index in [4.69, 9.17) is 4.74 Å². The first kappa shape index (κ1) is 16.7. The molecule has 0 aliphatic rings. The van der Waals surface area contributed by atoms with Crippen LogP contribution in [-0.4, -0.2) is 27.8 Å². The highest BCUT2D eigenvalue weighted by atomic mass is 16.5. The van der Waals surface area contributed by atoms with Crippen LogP contribution < -0.4 is 10.1 Å². The fraction of sp³-hybridized carbons (Fsp3) is 0.211. The van der Waals surface area contributed by atoms with E-state index in [1.54, 1.807) is 18.0 Å². The largest absolute Gasteiger partial charge is 0.497 e. The van der Waals surface area contributed by atoms with Gasteiger partial charge in [0.25, 0.3) is 0 Å². The number of nitrogens with one attached hydrogen (secondary N) is 1. The molecule has 0 aliphatic carbocycles. The molecule has 25 heavy (non-hydrogen) atoms. The van der Waals surface area contributed by atoms with E-state index < -0.39 is 0 Å². The lowest BCUT2D eigenvalue weighted by molar-refractivity contribution is -0.120. The van der Waals surface area contributed by atoms with Crippen molar-refractivity contribution in [3.63, 3.8) is 0 Å². The normalized spacial score (nSPS) is 10.5. The number of nitrogens with zero attached hydrogens (tertiary/aromatic N) is 3. The van der Waals surface area contributed by atoms with Gasteiger partial charge in [-0.05, 0) is 35.9 Å². The Morgan fingerprint density at radius 2 is 2.08 bits per heavy atom. The third kappa shape index (κ3) is 4.23. The molecule has 0 atom stereocenters. The van der Waals surface area contributed by atoms with E-state index in [0.29, 0.717) is 13.0 Å². The molecule has 0 aliphatic heterocycles. The van der Waals surface area contributed by atoms with Crippen molar-refractivity contribution in [3.8, 4) is 17.1 Å². The molecule has 0 saturated carbocycles. The second kappa shape index (κ2) is 7.61. The van der Waals surface area contributed by atoms with Crippen molar-refractivity contribution in [1.82, 2.24) is 20.1 Å². The average molecular weight is 336 g/mol. The second-order valence-corrected chi connectivity index (χ2v) is 5.66. The number of rotatable bonds is 6. The highest BCUT2D eigenvalue weighted by Gasteiger charge is 2.10. The maximum Gasteiger partial charge on any atom is 0.224 e. The summed E-state index contributed by atoms with van der Waals surface area (Å²) < 4.78 is 6.94. The summed E-state index contributed by atoms with van der Waals surface area (Å²) >= 11 is 0. The lowest BCUT2D eigenvalue weighted by Gasteiger charge is -2.05. The van der Waals surface area contributed by atoms with Gasteiger partial charge in [0, 0.05) is 13.2 Å². The molecule has 0 radical (unpaired) electrons. The number of amides is 1. The van der Waals surface area contributed by atoms with Gasteiger partial charge < -0.3 is 10.1 Å². The third-order valence-corrected chi connectivity index (χ3v) is 3.82. The molecule has 2 aromatic heterocycles. The van der Waals surface area contributed by atoms with Crippen molar-refractivity contribution in [2.24, 2.45) is 7.05 Å². The molecule has 0 saturated heterocycles. The van der Waals surface area contributed by atoms with Crippen LogP contribution in [0.1, 0.15) is 11.3 Å². The fourth-order valence-electron chi connectivity index (χ4n) is 2.59. The molecule has 2 heterocycles. The number of aromatic nitrogens is 3. The van der Waals surface area contributed by atoms with Crippen LogP contribution in [0.15, 0.2) is 54.7 Å². The Balaban J connectivity index is 1.61. The molecule has 6 heteroatoms. The quantitative estimate of drug-likeness (QED) is 0.750. The smallest absolute Gasteiger partial charge is 0.224 e. The molecule has 1 amide bonds. The first-order chi connectivity index (χ1) is 12.2. The number of pyridine rings is 1. The predicted molar refractivity (Wildman–Crippen MR) is 95.0 cm³/mol. The highest BCUT2D eigenvalue weighted by molar-refractivity contribution is 5.78. The minimum absolute atomic E-state index is 0.0571. The van der Waals surface area contributed by atoms with Crippen molar-refractivity contribution in [3.05, 3.63) is 66.0 Å². The molecule has 3 rings (SSSR count). The Morgan fingerprint density at radius 3 is 2.84 bits per heavy atom. The predicted octanol–water partition coefficient (Wildman–Crippen LogP) is 2.35. The topological polar surface area (TPSA) is 69.0 Å². The van der Waals surface area contributed by atoms with E-state index in [9.17, 15) is 4.79 Å². The molecule has 1 N–H and O–H groups in total. The minimum Gasteiger partial charge on any atom is -0.497 e. The summed E-state index contributed by atoms with van der Waals surface area (Å²) in [4.78, 5) is 16.5. The van der Waals surface area contributed by atoms with Gasteiger partial charge in [0.2, 0.25) is 5.91 Å². The van der Waals surface area contributed by atoms with Crippen molar-refractivity contribution in [2.75, 3.05) is 7.11 Å². The van der Waals surface area contributed by atoms with E-state index in [-0.39, 0.29) is 5.91 Å². The summed E-state index contributed by atoms with van der Waals surface area (Å²) in [5, 5.41) is 7.34. The Labute approximate surface area is 146 Å². The Bertz CT molecular complexity index is 859. The number of benzene rings is 1. The Morgan fingerprint density at radius 1 is 1.20 bits per heavy atom. The van der Waals surface area contributed by atoms with Crippen LogP contribution in [0.25, 0.3) is 11.4 Å². The van der Waals surface area contributed by atoms with Crippen molar-refractivity contribution < 1.29 is 9.53 Å². The van der Waals surface area contributed by atoms with Crippen LogP contribution in [0, 0.1) is 0 Å². The van der Waals surface area contributed by atoms with Crippen LogP contribution >= 0.6 is 0 Å². The summed E-state index contributed by atoms with van der Waals surface area (Å²) in [7, 11) is 3.48. The maximum absolute atomic E-state index is 12.1. The number of ether oxygens (including phenoxy) is 1. The molecule has 0 fully saturated rings. The Hall–Kier alpha value is -3.15. The number of hydrogen-bond acceptors (Lipinski definition) is 4. The van der Waals surface area contributed by atoms with Crippen molar-refractivity contribution in [2.45, 2.75) is 13.0 Å². The molecule has 0 spiro atoms. The van der Waals surface area contributed by atoms with Gasteiger partial charge in [-0.2, -0.15) is 5.10 Å². The summed E-state index contributed by atoms with van der Waals surface area (Å²) in [6.07, 6.45) is 2.05. The van der Waals surface area contributed by atoms with Gasteiger partial charge in [-0.3, -0.25) is 14.5 Å². The van der Waals surface area contributed by atoms with E-state index in [1.807, 2.05) is 55.6 Å². The summed E-state index contributed by atoms with van der Waals surface area (Å²) in [6, 6.07) is 15.2. The molecule has 0 unspecified atom stereocenters. The molecule has 128 valence electrons. The molecule has 3 aromatic rings. The number of aryl methyl sites for hydroxylation is 1. The summed E-state index contributed by atoms with van der Waals surface area (Å²) in [5.41, 5.74) is 3.47. The number of carbonyl (C=O) groups excluding carboxylic acids is 1. The summed E-state index contributed by atoms with van der Waals surface area (Å²) in [6.45, 7) is 0.378. The van der Waals surface area contributed by atoms with E-state index >= 15 is 0 Å².